The molecule has 0 amide bonds. The first kappa shape index (κ1) is 18.6. The third kappa shape index (κ3) is 2.82. The van der Waals surface area contributed by atoms with E-state index in [-0.39, 0.29) is 24.4 Å². The molecular weight excluding hydrogens is 414 g/mol. The van der Waals surface area contributed by atoms with Crippen LogP contribution in [0.25, 0.3) is 10.8 Å². The number of hydrogen-bond acceptors (Lipinski definition) is 5. The van der Waals surface area contributed by atoms with Crippen molar-refractivity contribution < 1.29 is 18.7 Å². The minimum atomic E-state index is -0.179. The highest BCUT2D eigenvalue weighted by atomic mass is 16.7. The van der Waals surface area contributed by atoms with E-state index in [1.165, 1.54) is 0 Å². The van der Waals surface area contributed by atoms with Crippen LogP contribution in [0.5, 0.6) is 11.5 Å². The predicted molar refractivity (Wildman–Crippen MR) is 125 cm³/mol. The van der Waals surface area contributed by atoms with Gasteiger partial charge in [0.2, 0.25) is 6.79 Å². The minimum Gasteiger partial charge on any atom is -0.469 e. The van der Waals surface area contributed by atoms with E-state index in [9.17, 15) is 4.79 Å². The highest BCUT2D eigenvalue weighted by Crippen LogP contribution is 2.51. The second-order valence-corrected chi connectivity index (χ2v) is 8.85. The van der Waals surface area contributed by atoms with E-state index in [2.05, 4.69) is 41.7 Å². The topological polar surface area (TPSA) is 60.7 Å². The Morgan fingerprint density at radius 1 is 0.879 bits per heavy atom. The smallest absolute Gasteiger partial charge is 0.231 e. The molecule has 0 radical (unpaired) electrons. The second kappa shape index (κ2) is 7.01. The van der Waals surface area contributed by atoms with Crippen molar-refractivity contribution >= 4 is 22.2 Å². The van der Waals surface area contributed by atoms with Crippen LogP contribution in [-0.2, 0) is 4.79 Å². The van der Waals surface area contributed by atoms with Crippen molar-refractivity contribution in [1.29, 1.82) is 0 Å². The maximum absolute atomic E-state index is 13.7. The number of hydrogen-bond donors (Lipinski definition) is 1. The molecule has 0 spiro atoms. The summed E-state index contributed by atoms with van der Waals surface area (Å²) in [5.74, 6) is 2.35. The van der Waals surface area contributed by atoms with E-state index in [4.69, 9.17) is 13.9 Å². The fourth-order valence-corrected chi connectivity index (χ4v) is 5.56. The number of ketones is 1. The highest BCUT2D eigenvalue weighted by Gasteiger charge is 2.40. The summed E-state index contributed by atoms with van der Waals surface area (Å²) in [6.45, 7) is 0.224. The lowest BCUT2D eigenvalue weighted by molar-refractivity contribution is -0.116. The minimum absolute atomic E-state index is 0.0400. The number of benzene rings is 3. The summed E-state index contributed by atoms with van der Waals surface area (Å²) in [5.41, 5.74) is 5.05. The molecule has 2 aliphatic heterocycles. The summed E-state index contributed by atoms with van der Waals surface area (Å²) in [4.78, 5) is 13.7. The molecule has 7 rings (SSSR count). The third-order valence-electron chi connectivity index (χ3n) is 7.02. The molecule has 1 N–H and O–H groups in total. The van der Waals surface area contributed by atoms with Gasteiger partial charge in [-0.2, -0.15) is 0 Å². The lowest BCUT2D eigenvalue weighted by atomic mass is 9.71. The Bertz CT molecular complexity index is 1450. The molecule has 3 heterocycles. The summed E-state index contributed by atoms with van der Waals surface area (Å²) in [6, 6.07) is 22.5. The number of fused-ring (bicyclic) bond motifs is 4. The van der Waals surface area contributed by atoms with Crippen molar-refractivity contribution in [2.75, 3.05) is 12.1 Å². The van der Waals surface area contributed by atoms with E-state index >= 15 is 0 Å². The van der Waals surface area contributed by atoms with Gasteiger partial charge < -0.3 is 19.2 Å². The molecule has 0 bridgehead atoms. The lowest BCUT2D eigenvalue weighted by Crippen LogP contribution is -2.29. The fourth-order valence-electron chi connectivity index (χ4n) is 5.56. The molecule has 3 aliphatic rings. The Hall–Kier alpha value is -3.99. The molecule has 33 heavy (non-hydrogen) atoms. The zero-order chi connectivity index (χ0) is 21.9. The average Bonchev–Trinajstić information content (AvgIpc) is 3.54. The summed E-state index contributed by atoms with van der Waals surface area (Å²) in [7, 11) is 0. The van der Waals surface area contributed by atoms with Crippen molar-refractivity contribution in [2.45, 2.75) is 24.7 Å². The van der Waals surface area contributed by atoms with E-state index in [1.807, 2.05) is 30.3 Å². The van der Waals surface area contributed by atoms with Crippen LogP contribution in [-0.4, -0.2) is 12.6 Å². The monoisotopic (exact) mass is 435 g/mol. The highest BCUT2D eigenvalue weighted by molar-refractivity contribution is 6.04. The fraction of sp³-hybridized carbons (Fsp3) is 0.179. The van der Waals surface area contributed by atoms with Crippen LogP contribution in [0.4, 0.5) is 5.69 Å². The molecule has 4 aromatic rings. The number of anilines is 1. The summed E-state index contributed by atoms with van der Waals surface area (Å²) in [6.07, 6.45) is 2.85. The number of nitrogens with one attached hydrogen (secondary N) is 1. The Kier molecular flexibility index (Phi) is 3.94. The van der Waals surface area contributed by atoms with Crippen LogP contribution in [0.2, 0.25) is 0 Å². The SMILES string of the molecule is O=C1C[C@H](c2ccco2)CC2=C1[C@@H](c1ccc3c(c1)OCO3)c1c(ccc3ccccc13)N2. The number of rotatable bonds is 2. The molecular formula is C28H21NO4. The maximum atomic E-state index is 13.7. The molecule has 0 fully saturated rings. The molecule has 5 nitrogen and oxygen atoms in total. The number of Topliss-reactive ketones (excluding diaryl/α,β-unsaturated/α-hetero) is 1. The summed E-state index contributed by atoms with van der Waals surface area (Å²) < 4.78 is 16.9. The Labute approximate surface area is 190 Å². The van der Waals surface area contributed by atoms with Gasteiger partial charge in [0.15, 0.2) is 17.3 Å². The van der Waals surface area contributed by atoms with Gasteiger partial charge in [-0.15, -0.1) is 0 Å². The van der Waals surface area contributed by atoms with Gasteiger partial charge in [0.1, 0.15) is 5.76 Å². The van der Waals surface area contributed by atoms with Gasteiger partial charge in [-0.25, -0.2) is 0 Å². The van der Waals surface area contributed by atoms with Crippen LogP contribution >= 0.6 is 0 Å². The third-order valence-corrected chi connectivity index (χ3v) is 7.02. The average molecular weight is 435 g/mol. The number of allylic oxidation sites excluding steroid dienone is 2. The summed E-state index contributed by atoms with van der Waals surface area (Å²) >= 11 is 0. The van der Waals surface area contributed by atoms with Gasteiger partial charge in [0, 0.05) is 35.2 Å². The maximum Gasteiger partial charge on any atom is 0.231 e. The van der Waals surface area contributed by atoms with Crippen LogP contribution in [0.1, 0.15) is 41.6 Å². The van der Waals surface area contributed by atoms with E-state index < -0.39 is 0 Å². The van der Waals surface area contributed by atoms with Gasteiger partial charge >= 0.3 is 0 Å². The van der Waals surface area contributed by atoms with Crippen molar-refractivity contribution in [1.82, 2.24) is 0 Å². The zero-order valence-electron chi connectivity index (χ0n) is 17.8. The number of carbonyl (C=O) groups is 1. The van der Waals surface area contributed by atoms with Gasteiger partial charge in [-0.3, -0.25) is 4.79 Å². The molecule has 0 unspecified atom stereocenters. The first-order chi connectivity index (χ1) is 16.3. The molecule has 0 saturated heterocycles. The van der Waals surface area contributed by atoms with E-state index in [1.54, 1.807) is 6.26 Å². The van der Waals surface area contributed by atoms with Crippen molar-refractivity contribution in [3.05, 3.63) is 101 Å². The predicted octanol–water partition coefficient (Wildman–Crippen LogP) is 6.12. The molecule has 3 aromatic carbocycles. The molecule has 0 saturated carbocycles. The normalized spacial score (nSPS) is 21.0. The first-order valence-electron chi connectivity index (χ1n) is 11.2. The number of furan rings is 1. The van der Waals surface area contributed by atoms with Crippen LogP contribution in [0.3, 0.4) is 0 Å². The molecule has 5 heteroatoms. The largest absolute Gasteiger partial charge is 0.469 e. The Morgan fingerprint density at radius 2 is 1.79 bits per heavy atom. The van der Waals surface area contributed by atoms with Crippen LogP contribution in [0.15, 0.2) is 88.7 Å². The standard InChI is InChI=1S/C28H21NO4/c30-22-13-18(23-6-3-11-31-23)12-21-28(22)26(17-8-10-24-25(14-17)33-15-32-24)27-19-5-2-1-4-16(19)7-9-20(27)29-21/h1-11,14,18,26,29H,12-13,15H2/t18-,26+/m1/s1. The lowest BCUT2D eigenvalue weighted by Gasteiger charge is -2.37. The number of ether oxygens (including phenoxy) is 2. The first-order valence-corrected chi connectivity index (χ1v) is 11.2. The van der Waals surface area contributed by atoms with Crippen molar-refractivity contribution in [2.24, 2.45) is 0 Å². The molecule has 1 aliphatic carbocycles. The van der Waals surface area contributed by atoms with E-state index in [0.717, 1.165) is 62.5 Å². The molecule has 2 atom stereocenters. The zero-order valence-corrected chi connectivity index (χ0v) is 17.8. The molecule has 162 valence electrons. The summed E-state index contributed by atoms with van der Waals surface area (Å²) in [5, 5.41) is 5.93. The second-order valence-electron chi connectivity index (χ2n) is 8.85. The van der Waals surface area contributed by atoms with Crippen molar-refractivity contribution in [3.63, 3.8) is 0 Å². The van der Waals surface area contributed by atoms with Crippen LogP contribution < -0.4 is 14.8 Å². The van der Waals surface area contributed by atoms with Gasteiger partial charge in [0.25, 0.3) is 0 Å². The van der Waals surface area contributed by atoms with Gasteiger partial charge in [-0.1, -0.05) is 36.4 Å². The Morgan fingerprint density at radius 3 is 2.70 bits per heavy atom. The van der Waals surface area contributed by atoms with E-state index in [0.29, 0.717) is 6.42 Å². The quantitative estimate of drug-likeness (QED) is 0.411. The number of carbonyl (C=O) groups excluding carboxylic acids is 1. The van der Waals surface area contributed by atoms with Gasteiger partial charge in [-0.05, 0) is 58.7 Å². The molecule has 1 aromatic heterocycles. The van der Waals surface area contributed by atoms with Crippen LogP contribution in [0, 0.1) is 0 Å². The van der Waals surface area contributed by atoms with Gasteiger partial charge in [0.05, 0.1) is 6.26 Å². The van der Waals surface area contributed by atoms with Crippen molar-refractivity contribution in [3.8, 4) is 11.5 Å². The Balaban J connectivity index is 1.45.